The first-order chi connectivity index (χ1) is 19.5. The second-order valence-electron chi connectivity index (χ2n) is 9.62. The molecule has 0 amide bonds. The molecule has 1 aliphatic heterocycles. The number of hydrogen-bond donors (Lipinski definition) is 1. The Labute approximate surface area is 236 Å². The van der Waals surface area contributed by atoms with Crippen molar-refractivity contribution in [3.8, 4) is 17.2 Å². The van der Waals surface area contributed by atoms with Crippen LogP contribution in [-0.2, 0) is 6.54 Å². The number of rotatable bonds is 7. The Kier molecular flexibility index (Phi) is 7.02. The molecule has 0 aliphatic carbocycles. The Morgan fingerprint density at radius 1 is 1.00 bits per heavy atom. The number of likely N-dealkylation sites (N-methyl/N-ethyl adjacent to an activating group) is 1. The van der Waals surface area contributed by atoms with Gasteiger partial charge in [-0.3, -0.25) is 9.78 Å². The van der Waals surface area contributed by atoms with Gasteiger partial charge in [-0.15, -0.1) is 6.58 Å². The zero-order chi connectivity index (χ0) is 27.6. The average molecular weight is 554 g/mol. The number of nitrogens with one attached hydrogen (secondary N) is 1. The molecule has 0 unspecified atom stereocenters. The van der Waals surface area contributed by atoms with Gasteiger partial charge in [0.25, 0.3) is 5.56 Å². The van der Waals surface area contributed by atoms with Crippen molar-refractivity contribution in [3.63, 3.8) is 0 Å². The molecule has 0 atom stereocenters. The van der Waals surface area contributed by atoms with E-state index in [1.807, 2.05) is 30.3 Å². The summed E-state index contributed by atoms with van der Waals surface area (Å²) in [6, 6.07) is 17.2. The Morgan fingerprint density at radius 2 is 1.80 bits per heavy atom. The lowest BCUT2D eigenvalue weighted by Crippen LogP contribution is -2.44. The van der Waals surface area contributed by atoms with E-state index in [0.29, 0.717) is 39.2 Å². The molecule has 1 saturated heterocycles. The number of pyridine rings is 2. The minimum absolute atomic E-state index is 0.230. The second-order valence-corrected chi connectivity index (χ2v) is 10.1. The van der Waals surface area contributed by atoms with Gasteiger partial charge < -0.3 is 15.1 Å². The van der Waals surface area contributed by atoms with Crippen LogP contribution < -0.4 is 15.8 Å². The first-order valence-corrected chi connectivity index (χ1v) is 13.4. The number of anilines is 3. The molecule has 5 aromatic rings. The normalized spacial score (nSPS) is 14.0. The molecule has 40 heavy (non-hydrogen) atoms. The molecule has 0 spiro atoms. The lowest BCUT2D eigenvalue weighted by atomic mass is 10.2. The average Bonchev–Trinajstić information content (AvgIpc) is 3.24. The fourth-order valence-electron chi connectivity index (χ4n) is 4.79. The van der Waals surface area contributed by atoms with Gasteiger partial charge in [-0.25, -0.2) is 19.3 Å². The number of aromatic nitrogens is 6. The van der Waals surface area contributed by atoms with E-state index in [9.17, 15) is 4.79 Å². The fraction of sp³-hybridized carbons (Fsp3) is 0.207. The lowest BCUT2D eigenvalue weighted by Gasteiger charge is -2.34. The lowest BCUT2D eigenvalue weighted by molar-refractivity contribution is 0.313. The zero-order valence-corrected chi connectivity index (χ0v) is 22.8. The van der Waals surface area contributed by atoms with Crippen molar-refractivity contribution in [1.29, 1.82) is 0 Å². The molecule has 11 heteroatoms. The van der Waals surface area contributed by atoms with Gasteiger partial charge in [-0.2, -0.15) is 4.98 Å². The zero-order valence-electron chi connectivity index (χ0n) is 22.0. The van der Waals surface area contributed by atoms with Gasteiger partial charge in [0.1, 0.15) is 5.39 Å². The number of hydrogen-bond acceptors (Lipinski definition) is 8. The third-order valence-electron chi connectivity index (χ3n) is 6.91. The molecule has 1 fully saturated rings. The number of piperazine rings is 1. The molecule has 202 valence electrons. The molecule has 0 bridgehead atoms. The van der Waals surface area contributed by atoms with Gasteiger partial charge >= 0.3 is 0 Å². The molecule has 6 rings (SSSR count). The highest BCUT2D eigenvalue weighted by atomic mass is 35.5. The summed E-state index contributed by atoms with van der Waals surface area (Å²) in [5.41, 5.74) is 3.48. The van der Waals surface area contributed by atoms with Crippen molar-refractivity contribution in [3.05, 3.63) is 95.0 Å². The molecule has 0 radical (unpaired) electrons. The standard InChI is InChI=1S/C29H28ClN9O/c1-3-13-38-28(40)23-19-32-29(33-21-7-9-22(10-8-21)37-16-14-36(2)15-17-37)35-27(23)39(38)26-6-4-5-24(34-26)25-18-20(30)11-12-31-25/h3-12,18-19H,1,13-17H2,2H3,(H,32,33,35). The van der Waals surface area contributed by atoms with E-state index in [4.69, 9.17) is 21.6 Å². The number of nitrogens with zero attached hydrogens (tertiary/aromatic N) is 8. The summed E-state index contributed by atoms with van der Waals surface area (Å²) in [6.07, 6.45) is 4.84. The molecule has 10 nitrogen and oxygen atoms in total. The summed E-state index contributed by atoms with van der Waals surface area (Å²) in [6.45, 7) is 8.20. The van der Waals surface area contributed by atoms with Gasteiger partial charge in [-0.05, 0) is 55.6 Å². The van der Waals surface area contributed by atoms with Crippen LogP contribution in [0.2, 0.25) is 5.02 Å². The molecular formula is C29H28ClN9O. The maximum atomic E-state index is 13.3. The van der Waals surface area contributed by atoms with E-state index in [0.717, 1.165) is 31.9 Å². The van der Waals surface area contributed by atoms with Crippen LogP contribution in [0.15, 0.2) is 84.4 Å². The largest absolute Gasteiger partial charge is 0.369 e. The van der Waals surface area contributed by atoms with Crippen molar-refractivity contribution in [1.82, 2.24) is 34.2 Å². The molecule has 1 N–H and O–H groups in total. The van der Waals surface area contributed by atoms with Crippen LogP contribution in [0.4, 0.5) is 17.3 Å². The Morgan fingerprint density at radius 3 is 2.55 bits per heavy atom. The molecule has 4 aromatic heterocycles. The minimum Gasteiger partial charge on any atom is -0.369 e. The molecule has 1 aromatic carbocycles. The van der Waals surface area contributed by atoms with Crippen LogP contribution in [0.1, 0.15) is 0 Å². The van der Waals surface area contributed by atoms with Crippen molar-refractivity contribution >= 4 is 40.0 Å². The van der Waals surface area contributed by atoms with E-state index in [1.54, 1.807) is 40.0 Å². The van der Waals surface area contributed by atoms with Crippen LogP contribution in [0.5, 0.6) is 0 Å². The van der Waals surface area contributed by atoms with Crippen molar-refractivity contribution in [2.45, 2.75) is 6.54 Å². The highest BCUT2D eigenvalue weighted by Gasteiger charge is 2.19. The quantitative estimate of drug-likeness (QED) is 0.297. The van der Waals surface area contributed by atoms with Gasteiger partial charge in [-0.1, -0.05) is 23.7 Å². The minimum atomic E-state index is -0.230. The third-order valence-corrected chi connectivity index (χ3v) is 7.14. The maximum Gasteiger partial charge on any atom is 0.278 e. The summed E-state index contributed by atoms with van der Waals surface area (Å²) < 4.78 is 3.23. The monoisotopic (exact) mass is 553 g/mol. The molecular weight excluding hydrogens is 526 g/mol. The van der Waals surface area contributed by atoms with E-state index in [2.05, 4.69) is 50.8 Å². The van der Waals surface area contributed by atoms with Crippen molar-refractivity contribution in [2.75, 3.05) is 43.4 Å². The Hall–Kier alpha value is -4.54. The van der Waals surface area contributed by atoms with Crippen molar-refractivity contribution < 1.29 is 0 Å². The topological polar surface area (TPSA) is 97.0 Å². The maximum absolute atomic E-state index is 13.3. The van der Waals surface area contributed by atoms with Gasteiger partial charge in [0.15, 0.2) is 11.5 Å². The number of fused-ring (bicyclic) bond motifs is 1. The van der Waals surface area contributed by atoms with E-state index in [1.165, 1.54) is 5.69 Å². The summed E-state index contributed by atoms with van der Waals surface area (Å²) in [5, 5.41) is 4.22. The van der Waals surface area contributed by atoms with Crippen LogP contribution in [-0.4, -0.2) is 67.4 Å². The first-order valence-electron chi connectivity index (χ1n) is 13.0. The highest BCUT2D eigenvalue weighted by molar-refractivity contribution is 6.30. The van der Waals surface area contributed by atoms with Crippen molar-refractivity contribution in [2.24, 2.45) is 0 Å². The van der Waals surface area contributed by atoms with E-state index >= 15 is 0 Å². The Bertz CT molecular complexity index is 1740. The second kappa shape index (κ2) is 10.9. The SMILES string of the molecule is C=CCn1c(=O)c2cnc(Nc3ccc(N4CCN(C)CC4)cc3)nc2n1-c1cccc(-c2cc(Cl)ccn2)n1. The highest BCUT2D eigenvalue weighted by Crippen LogP contribution is 2.24. The van der Waals surface area contributed by atoms with Gasteiger partial charge in [0.2, 0.25) is 5.95 Å². The van der Waals surface area contributed by atoms with E-state index < -0.39 is 0 Å². The van der Waals surface area contributed by atoms with Crippen LogP contribution in [0.3, 0.4) is 0 Å². The third kappa shape index (κ3) is 5.06. The number of halogens is 1. The smallest absolute Gasteiger partial charge is 0.278 e. The molecule has 0 saturated carbocycles. The number of benzene rings is 1. The van der Waals surface area contributed by atoms with Crippen LogP contribution in [0, 0.1) is 0 Å². The summed E-state index contributed by atoms with van der Waals surface area (Å²) in [7, 11) is 2.15. The van der Waals surface area contributed by atoms with Gasteiger partial charge in [0, 0.05) is 55.0 Å². The predicted molar refractivity (Wildman–Crippen MR) is 159 cm³/mol. The van der Waals surface area contributed by atoms with Crippen LogP contribution >= 0.6 is 11.6 Å². The first kappa shape index (κ1) is 25.7. The predicted octanol–water partition coefficient (Wildman–Crippen LogP) is 4.37. The summed E-state index contributed by atoms with van der Waals surface area (Å²) in [4.78, 5) is 36.4. The van der Waals surface area contributed by atoms with E-state index in [-0.39, 0.29) is 12.1 Å². The fourth-order valence-corrected chi connectivity index (χ4v) is 4.95. The summed E-state index contributed by atoms with van der Waals surface area (Å²) >= 11 is 6.18. The molecule has 1 aliphatic rings. The Balaban J connectivity index is 1.35. The summed E-state index contributed by atoms with van der Waals surface area (Å²) in [5.74, 6) is 0.881. The number of allylic oxidation sites excluding steroid dienone is 1. The molecule has 5 heterocycles. The van der Waals surface area contributed by atoms with Gasteiger partial charge in [0.05, 0.1) is 17.9 Å². The van der Waals surface area contributed by atoms with Crippen LogP contribution in [0.25, 0.3) is 28.2 Å².